The van der Waals surface area contributed by atoms with E-state index in [2.05, 4.69) is 4.98 Å². The molecule has 80 valence electrons. The van der Waals surface area contributed by atoms with E-state index < -0.39 is 5.82 Å². The number of rotatable bonds is 1. The highest BCUT2D eigenvalue weighted by molar-refractivity contribution is 6.38. The van der Waals surface area contributed by atoms with Gasteiger partial charge in [0.2, 0.25) is 5.28 Å². The summed E-state index contributed by atoms with van der Waals surface area (Å²) >= 11 is 5.81. The average molecular weight is 236 g/mol. The van der Waals surface area contributed by atoms with Gasteiger partial charge in [-0.25, -0.2) is 9.37 Å². The monoisotopic (exact) mass is 236 g/mol. The van der Waals surface area contributed by atoms with Gasteiger partial charge in [-0.15, -0.1) is 0 Å². The molecule has 0 atom stereocenters. The van der Waals surface area contributed by atoms with Gasteiger partial charge in [-0.2, -0.15) is 0 Å². The first-order valence-corrected chi connectivity index (χ1v) is 5.08. The molecule has 0 N–H and O–H groups in total. The van der Waals surface area contributed by atoms with Gasteiger partial charge in [-0.1, -0.05) is 0 Å². The summed E-state index contributed by atoms with van der Waals surface area (Å²) in [5.41, 5.74) is -0.358. The summed E-state index contributed by atoms with van der Waals surface area (Å²) in [7, 11) is 5.50. The molecule has 1 aromatic carbocycles. The summed E-state index contributed by atoms with van der Waals surface area (Å²) in [6.07, 6.45) is 0. The first kappa shape index (κ1) is 11.1. The van der Waals surface area contributed by atoms with Crippen molar-refractivity contribution in [1.82, 2.24) is 9.55 Å². The molecule has 1 aromatic heterocycles. The minimum atomic E-state index is -0.607. The lowest BCUT2D eigenvalue weighted by atomic mass is 9.93. The van der Waals surface area contributed by atoms with Crippen molar-refractivity contribution in [2.45, 2.75) is 13.5 Å². The van der Waals surface area contributed by atoms with E-state index in [-0.39, 0.29) is 27.2 Å². The van der Waals surface area contributed by atoms with Crippen LogP contribution in [0.4, 0.5) is 4.39 Å². The third-order valence-electron chi connectivity index (χ3n) is 2.38. The highest BCUT2D eigenvalue weighted by Crippen LogP contribution is 2.10. The van der Waals surface area contributed by atoms with Crippen molar-refractivity contribution in [3.63, 3.8) is 0 Å². The molecule has 16 heavy (non-hydrogen) atoms. The molecule has 0 aliphatic carbocycles. The molecule has 2 radical (unpaired) electrons. The van der Waals surface area contributed by atoms with Gasteiger partial charge < -0.3 is 0 Å². The van der Waals surface area contributed by atoms with Gasteiger partial charge in [-0.3, -0.25) is 9.36 Å². The highest BCUT2D eigenvalue weighted by Gasteiger charge is 2.11. The predicted octanol–water partition coefficient (Wildman–Crippen LogP) is 1.00. The number of halogens is 2. The van der Waals surface area contributed by atoms with Crippen molar-refractivity contribution >= 4 is 35.8 Å². The Morgan fingerprint density at radius 2 is 2.25 bits per heavy atom. The van der Waals surface area contributed by atoms with Crippen molar-refractivity contribution in [2.75, 3.05) is 0 Å². The van der Waals surface area contributed by atoms with E-state index in [0.717, 1.165) is 6.07 Å². The number of fused-ring (bicyclic) bond motifs is 1. The Balaban J connectivity index is 2.99. The van der Waals surface area contributed by atoms with Gasteiger partial charge in [0.05, 0.1) is 10.9 Å². The lowest BCUT2D eigenvalue weighted by molar-refractivity contribution is 0.636. The van der Waals surface area contributed by atoms with Crippen molar-refractivity contribution in [2.24, 2.45) is 0 Å². The normalized spacial score (nSPS) is 10.9. The molecule has 0 unspecified atom stereocenters. The molecule has 0 saturated heterocycles. The number of aromatic nitrogens is 2. The first-order chi connectivity index (χ1) is 7.56. The van der Waals surface area contributed by atoms with Gasteiger partial charge in [0.25, 0.3) is 5.56 Å². The van der Waals surface area contributed by atoms with Crippen LogP contribution in [0.25, 0.3) is 10.9 Å². The fourth-order valence-corrected chi connectivity index (χ4v) is 1.81. The summed E-state index contributed by atoms with van der Waals surface area (Å²) in [6, 6.07) is 2.51. The van der Waals surface area contributed by atoms with E-state index >= 15 is 0 Å². The zero-order chi connectivity index (χ0) is 11.9. The number of hydrogen-bond acceptors (Lipinski definition) is 2. The van der Waals surface area contributed by atoms with Crippen molar-refractivity contribution in [1.29, 1.82) is 0 Å². The standard InChI is InChI=1S/C10H7BClFN2O/c1-2-15-9(16)5-3-4-6(13)7(11)8(5)14-10(15)12/h3-4H,2H2,1H3. The Labute approximate surface area is 97.3 Å². The van der Waals surface area contributed by atoms with Gasteiger partial charge in [-0.05, 0) is 36.1 Å². The zero-order valence-corrected chi connectivity index (χ0v) is 9.25. The summed E-state index contributed by atoms with van der Waals surface area (Å²) in [4.78, 5) is 15.8. The molecular formula is C10H7BClFN2O. The van der Waals surface area contributed by atoms with Crippen LogP contribution >= 0.6 is 11.6 Å². The summed E-state index contributed by atoms with van der Waals surface area (Å²) in [6.45, 7) is 2.17. The van der Waals surface area contributed by atoms with Crippen LogP contribution in [0.15, 0.2) is 16.9 Å². The third-order valence-corrected chi connectivity index (χ3v) is 2.67. The molecule has 0 saturated carbocycles. The molecule has 0 fully saturated rings. The Hall–Kier alpha value is -1.36. The van der Waals surface area contributed by atoms with Crippen LogP contribution in [0.3, 0.4) is 0 Å². The first-order valence-electron chi connectivity index (χ1n) is 4.70. The van der Waals surface area contributed by atoms with Crippen molar-refractivity contribution < 1.29 is 4.39 Å². The maximum Gasteiger partial charge on any atom is 0.262 e. The number of benzene rings is 1. The topological polar surface area (TPSA) is 34.9 Å². The summed E-state index contributed by atoms with van der Waals surface area (Å²) in [5.74, 6) is -0.607. The quantitative estimate of drug-likeness (QED) is 0.547. The van der Waals surface area contributed by atoms with Crippen molar-refractivity contribution in [3.8, 4) is 0 Å². The molecular weight excluding hydrogens is 229 g/mol. The molecule has 0 bridgehead atoms. The molecule has 0 aliphatic rings. The van der Waals surface area contributed by atoms with Gasteiger partial charge in [0.1, 0.15) is 13.7 Å². The van der Waals surface area contributed by atoms with Crippen molar-refractivity contribution in [3.05, 3.63) is 33.6 Å². The lowest BCUT2D eigenvalue weighted by Gasteiger charge is -2.08. The maximum absolute atomic E-state index is 13.2. The lowest BCUT2D eigenvalue weighted by Crippen LogP contribution is -2.24. The van der Waals surface area contributed by atoms with E-state index in [4.69, 9.17) is 19.4 Å². The molecule has 2 aromatic rings. The van der Waals surface area contributed by atoms with Crippen LogP contribution in [0.2, 0.25) is 5.28 Å². The van der Waals surface area contributed by atoms with Crippen LogP contribution in [0, 0.1) is 5.82 Å². The van der Waals surface area contributed by atoms with Crippen LogP contribution < -0.4 is 11.0 Å². The van der Waals surface area contributed by atoms with E-state index in [1.807, 2.05) is 0 Å². The molecule has 2 rings (SSSR count). The summed E-state index contributed by atoms with van der Waals surface area (Å²) in [5, 5.41) is 0.280. The molecule has 1 heterocycles. The van der Waals surface area contributed by atoms with E-state index in [9.17, 15) is 9.18 Å². The Morgan fingerprint density at radius 3 is 2.88 bits per heavy atom. The van der Waals surface area contributed by atoms with Crippen LogP contribution in [0.1, 0.15) is 6.92 Å². The Morgan fingerprint density at radius 1 is 1.56 bits per heavy atom. The second-order valence-corrected chi connectivity index (χ2v) is 3.63. The zero-order valence-electron chi connectivity index (χ0n) is 8.50. The molecule has 6 heteroatoms. The second-order valence-electron chi connectivity index (χ2n) is 3.29. The molecule has 0 aliphatic heterocycles. The van der Waals surface area contributed by atoms with Gasteiger partial charge in [0, 0.05) is 6.54 Å². The predicted molar refractivity (Wildman–Crippen MR) is 62.0 cm³/mol. The van der Waals surface area contributed by atoms with Crippen LogP contribution in [-0.4, -0.2) is 17.4 Å². The number of hydrogen-bond donors (Lipinski definition) is 0. The van der Waals surface area contributed by atoms with E-state index in [1.165, 1.54) is 10.6 Å². The third kappa shape index (κ3) is 1.51. The molecule has 0 amide bonds. The average Bonchev–Trinajstić information content (AvgIpc) is 2.25. The SMILES string of the molecule is [B]c1c(F)ccc2c(=O)n(CC)c(Cl)nc12. The number of nitrogens with zero attached hydrogens (tertiary/aromatic N) is 2. The largest absolute Gasteiger partial charge is 0.283 e. The fraction of sp³-hybridized carbons (Fsp3) is 0.200. The minimum Gasteiger partial charge on any atom is -0.283 e. The fourth-order valence-electron chi connectivity index (χ4n) is 1.53. The smallest absolute Gasteiger partial charge is 0.262 e. The van der Waals surface area contributed by atoms with E-state index in [0.29, 0.717) is 6.54 Å². The Bertz CT molecular complexity index is 626. The van der Waals surface area contributed by atoms with Gasteiger partial charge >= 0.3 is 0 Å². The Kier molecular flexibility index (Phi) is 2.72. The second kappa shape index (κ2) is 3.90. The van der Waals surface area contributed by atoms with Crippen LogP contribution in [-0.2, 0) is 6.54 Å². The van der Waals surface area contributed by atoms with Crippen LogP contribution in [0.5, 0.6) is 0 Å². The van der Waals surface area contributed by atoms with Gasteiger partial charge in [0.15, 0.2) is 0 Å². The maximum atomic E-state index is 13.2. The minimum absolute atomic E-state index is 0.0114. The summed E-state index contributed by atoms with van der Waals surface area (Å²) < 4.78 is 14.5. The molecule has 0 spiro atoms. The van der Waals surface area contributed by atoms with E-state index in [1.54, 1.807) is 6.92 Å². The highest BCUT2D eigenvalue weighted by atomic mass is 35.5. The molecule has 3 nitrogen and oxygen atoms in total.